The number of nitrogens with zero attached hydrogens (tertiary/aromatic N) is 2. The van der Waals surface area contributed by atoms with Crippen LogP contribution >= 0.6 is 18.6 Å². The van der Waals surface area contributed by atoms with E-state index < -0.39 is 25.3 Å². The second kappa shape index (κ2) is 11.7. The summed E-state index contributed by atoms with van der Waals surface area (Å²) in [6.45, 7) is 14.8. The first-order valence-corrected chi connectivity index (χ1v) is 17.7. The Kier molecular flexibility index (Phi) is 11.5. The topological polar surface area (TPSA) is 17.3 Å². The van der Waals surface area contributed by atoms with E-state index in [4.69, 9.17) is 23.6 Å². The van der Waals surface area contributed by atoms with Gasteiger partial charge in [-0.15, -0.1) is 5.54 Å². The Labute approximate surface area is 187 Å². The van der Waals surface area contributed by atoms with Gasteiger partial charge in [-0.2, -0.15) is 0 Å². The maximum absolute atomic E-state index is 5.51. The van der Waals surface area contributed by atoms with E-state index in [1.165, 1.54) is 64.1 Å². The molecule has 5 unspecified atom stereocenters. The standard InChI is InChI=1S/C20H39N2Si.CH3.2ClH.Ti/c1-6-23(5,21-20(2,3)4)19-15-18(22-13-9-10-14-22)16-11-7-8-12-17(16)19;;;;/h16-19H,6-15H2,1-5H3;1H3;2*1H;/q2*-1;;;+2/p-2. The summed E-state index contributed by atoms with van der Waals surface area (Å²) in [7, 11) is 8.25. The van der Waals surface area contributed by atoms with E-state index in [9.17, 15) is 0 Å². The quantitative estimate of drug-likeness (QED) is 0.306. The molecule has 3 fully saturated rings. The molecule has 0 N–H and O–H groups in total. The van der Waals surface area contributed by atoms with Crippen LogP contribution in [0.3, 0.4) is 0 Å². The third kappa shape index (κ3) is 6.98. The van der Waals surface area contributed by atoms with E-state index in [0.717, 1.165) is 23.4 Å². The van der Waals surface area contributed by atoms with E-state index >= 15 is 0 Å². The van der Waals surface area contributed by atoms with Crippen LogP contribution in [0.2, 0.25) is 18.1 Å². The Morgan fingerprint density at radius 2 is 1.56 bits per heavy atom. The molecular formula is C21H42Cl2N2SiTi-2. The van der Waals surface area contributed by atoms with Crippen LogP contribution in [0.4, 0.5) is 0 Å². The molecule has 2 aliphatic carbocycles. The predicted molar refractivity (Wildman–Crippen MR) is 122 cm³/mol. The third-order valence-electron chi connectivity index (χ3n) is 7.10. The zero-order chi connectivity index (χ0) is 19.4. The SMILES string of the molecule is CC[Si](C)([N-]C(C)(C)C)C1CC(N2CCCC2)C2CCCCC21.[CH3-].[Cl][Ti][Cl]. The van der Waals surface area contributed by atoms with Gasteiger partial charge in [0.2, 0.25) is 0 Å². The summed E-state index contributed by atoms with van der Waals surface area (Å²) in [5, 5.41) is 0. The Hall–Kier alpha value is 1.43. The second-order valence-electron chi connectivity index (χ2n) is 9.83. The first-order chi connectivity index (χ1) is 12.3. The average Bonchev–Trinajstić information content (AvgIpc) is 3.21. The fourth-order valence-corrected chi connectivity index (χ4v) is 10.6. The van der Waals surface area contributed by atoms with Crippen molar-refractivity contribution in [2.75, 3.05) is 13.1 Å². The van der Waals surface area contributed by atoms with Gasteiger partial charge in [-0.25, -0.2) is 0 Å². The van der Waals surface area contributed by atoms with Crippen molar-refractivity contribution in [1.29, 1.82) is 0 Å². The zero-order valence-corrected chi connectivity index (χ0v) is 22.6. The van der Waals surface area contributed by atoms with E-state index in [1.807, 2.05) is 0 Å². The Bertz CT molecular complexity index is 429. The molecule has 0 aromatic heterocycles. The maximum atomic E-state index is 5.51. The van der Waals surface area contributed by atoms with Crippen LogP contribution in [0.1, 0.15) is 72.6 Å². The molecule has 2 nitrogen and oxygen atoms in total. The van der Waals surface area contributed by atoms with Gasteiger partial charge in [0.25, 0.3) is 0 Å². The van der Waals surface area contributed by atoms with Crippen LogP contribution in [-0.4, -0.2) is 37.8 Å². The van der Waals surface area contributed by atoms with Crippen LogP contribution in [0.15, 0.2) is 0 Å². The molecule has 27 heavy (non-hydrogen) atoms. The van der Waals surface area contributed by atoms with Gasteiger partial charge >= 0.3 is 35.6 Å². The fraction of sp³-hybridized carbons (Fsp3) is 0.952. The zero-order valence-electron chi connectivity index (χ0n) is 18.5. The third-order valence-corrected chi connectivity index (χ3v) is 12.0. The summed E-state index contributed by atoms with van der Waals surface area (Å²) in [5.41, 5.74) is 1.09. The van der Waals surface area contributed by atoms with Gasteiger partial charge in [-0.3, -0.25) is 0 Å². The second-order valence-corrected chi connectivity index (χ2v) is 16.8. The number of likely N-dealkylation sites (tertiary alicyclic amines) is 1. The molecule has 1 heterocycles. The van der Waals surface area contributed by atoms with E-state index in [0.29, 0.717) is 0 Å². The van der Waals surface area contributed by atoms with Gasteiger partial charge in [-0.1, -0.05) is 73.3 Å². The molecule has 0 amide bonds. The molecule has 0 aromatic carbocycles. The van der Waals surface area contributed by atoms with Crippen molar-refractivity contribution in [2.24, 2.45) is 11.8 Å². The number of hydrogen-bond acceptors (Lipinski definition) is 1. The summed E-state index contributed by atoms with van der Waals surface area (Å²) in [6, 6.07) is 2.24. The van der Waals surface area contributed by atoms with Crippen molar-refractivity contribution in [3.63, 3.8) is 0 Å². The molecule has 0 spiro atoms. The van der Waals surface area contributed by atoms with Gasteiger partial charge in [-0.05, 0) is 50.6 Å². The summed E-state index contributed by atoms with van der Waals surface area (Å²) in [4.78, 5) is 8.39. The van der Waals surface area contributed by atoms with Crippen LogP contribution in [0.5, 0.6) is 0 Å². The molecule has 0 bridgehead atoms. The predicted octanol–water partition coefficient (Wildman–Crippen LogP) is 7.63. The minimum atomic E-state index is -1.53. The van der Waals surface area contributed by atoms with E-state index in [2.05, 4.69) is 39.1 Å². The van der Waals surface area contributed by atoms with Crippen LogP contribution in [0.25, 0.3) is 4.98 Å². The van der Waals surface area contributed by atoms with Crippen LogP contribution < -0.4 is 0 Å². The molecule has 3 rings (SSSR count). The van der Waals surface area contributed by atoms with Gasteiger partial charge in [0, 0.05) is 6.04 Å². The monoisotopic (exact) mass is 468 g/mol. The van der Waals surface area contributed by atoms with E-state index in [1.54, 1.807) is 0 Å². The Balaban J connectivity index is 0.000000855. The van der Waals surface area contributed by atoms with E-state index in [-0.39, 0.29) is 13.0 Å². The molecule has 5 atom stereocenters. The summed E-state index contributed by atoms with van der Waals surface area (Å²) in [5.74, 6) is 2.00. The normalized spacial score (nSPS) is 33.3. The molecule has 1 saturated heterocycles. The van der Waals surface area contributed by atoms with Crippen molar-refractivity contribution >= 4 is 26.8 Å². The Morgan fingerprint density at radius 1 is 1.04 bits per heavy atom. The minimum absolute atomic E-state index is 0. The van der Waals surface area contributed by atoms with Crippen molar-refractivity contribution < 1.29 is 17.0 Å². The van der Waals surface area contributed by atoms with Crippen molar-refractivity contribution in [3.8, 4) is 0 Å². The molecule has 0 aromatic rings. The number of hydrogen-bond donors (Lipinski definition) is 0. The number of halogens is 2. The molecular weight excluding hydrogens is 427 g/mol. The molecule has 0 radical (unpaired) electrons. The first-order valence-electron chi connectivity index (χ1n) is 10.7. The molecule has 160 valence electrons. The van der Waals surface area contributed by atoms with Gasteiger partial charge in [0.15, 0.2) is 0 Å². The van der Waals surface area contributed by atoms with Gasteiger partial charge < -0.3 is 17.3 Å². The van der Waals surface area contributed by atoms with Crippen LogP contribution in [0, 0.1) is 19.3 Å². The van der Waals surface area contributed by atoms with Gasteiger partial charge in [0.05, 0.1) is 0 Å². The number of fused-ring (bicyclic) bond motifs is 1. The van der Waals surface area contributed by atoms with Crippen molar-refractivity contribution in [3.05, 3.63) is 12.4 Å². The molecule has 3 aliphatic rings. The fourth-order valence-electron chi connectivity index (χ4n) is 6.17. The summed E-state index contributed by atoms with van der Waals surface area (Å²) < 4.78 is 0. The van der Waals surface area contributed by atoms with Gasteiger partial charge in [0.1, 0.15) is 0 Å². The van der Waals surface area contributed by atoms with Crippen LogP contribution in [-0.2, 0) is 17.0 Å². The molecule has 1 aliphatic heterocycles. The van der Waals surface area contributed by atoms with Crippen molar-refractivity contribution in [1.82, 2.24) is 4.90 Å². The molecule has 2 saturated carbocycles. The Morgan fingerprint density at radius 3 is 2.04 bits per heavy atom. The first kappa shape index (κ1) is 26.5. The summed E-state index contributed by atoms with van der Waals surface area (Å²) in [6.07, 6.45) is 10.3. The molecule has 6 heteroatoms. The average molecular weight is 469 g/mol. The summed E-state index contributed by atoms with van der Waals surface area (Å²) >= 11 is -0.556. The van der Waals surface area contributed by atoms with Crippen molar-refractivity contribution in [2.45, 2.75) is 102 Å². The number of rotatable bonds is 4.